The maximum atomic E-state index is 11.3. The molecule has 0 unspecified atom stereocenters. The second-order valence-electron chi connectivity index (χ2n) is 6.23. The third-order valence-corrected chi connectivity index (χ3v) is 5.13. The zero-order chi connectivity index (χ0) is 17.3. The second-order valence-corrected chi connectivity index (χ2v) is 8.42. The van der Waals surface area contributed by atoms with Gasteiger partial charge in [-0.3, -0.25) is 9.58 Å². The highest BCUT2D eigenvalue weighted by atomic mass is 32.2. The Morgan fingerprint density at radius 2 is 2.17 bits per heavy atom. The molecule has 0 aromatic carbocycles. The Balaban J connectivity index is 1.70. The maximum absolute atomic E-state index is 11.3. The summed E-state index contributed by atoms with van der Waals surface area (Å²) in [5.74, 6) is 0.726. The summed E-state index contributed by atoms with van der Waals surface area (Å²) < 4.78 is 26.6. The predicted molar refractivity (Wildman–Crippen MR) is 88.9 cm³/mol. The maximum Gasteiger partial charge on any atom is 0.150 e. The molecule has 0 bridgehead atoms. The Bertz CT molecular complexity index is 811. The molecule has 0 saturated heterocycles. The summed E-state index contributed by atoms with van der Waals surface area (Å²) in [5.41, 5.74) is 1.41. The second kappa shape index (κ2) is 6.66. The van der Waals surface area contributed by atoms with E-state index in [1.807, 2.05) is 17.1 Å². The molecule has 8 nitrogen and oxygen atoms in total. The standard InChI is InChI=1S/C15H23N5O3S/c1-3-19-5-4-16-15(19)10-18-6-7-20-12(9-18)8-13(17-20)14(21)11-24(2,22)23/h4-5,8,14,21H,3,6-7,9-11H2,1-2H3/t14-/m1/s1. The lowest BCUT2D eigenvalue weighted by molar-refractivity contribution is 0.189. The Kier molecular flexibility index (Phi) is 4.75. The molecule has 1 N–H and O–H groups in total. The first-order valence-corrected chi connectivity index (χ1v) is 10.1. The molecule has 0 fully saturated rings. The third-order valence-electron chi connectivity index (χ3n) is 4.21. The van der Waals surface area contributed by atoms with E-state index in [-0.39, 0.29) is 5.75 Å². The van der Waals surface area contributed by atoms with Crippen molar-refractivity contribution in [3.63, 3.8) is 0 Å². The van der Waals surface area contributed by atoms with Gasteiger partial charge in [-0.1, -0.05) is 0 Å². The van der Waals surface area contributed by atoms with Crippen LogP contribution in [0.1, 0.15) is 30.2 Å². The lowest BCUT2D eigenvalue weighted by Gasteiger charge is -2.27. The van der Waals surface area contributed by atoms with Crippen LogP contribution < -0.4 is 0 Å². The fourth-order valence-corrected chi connectivity index (χ4v) is 3.74. The first-order valence-electron chi connectivity index (χ1n) is 8.00. The van der Waals surface area contributed by atoms with E-state index in [0.717, 1.165) is 37.4 Å². The minimum absolute atomic E-state index is 0.304. The number of aliphatic hydroxyl groups is 1. The van der Waals surface area contributed by atoms with Crippen molar-refractivity contribution in [2.45, 2.75) is 39.2 Å². The van der Waals surface area contributed by atoms with E-state index in [4.69, 9.17) is 0 Å². The van der Waals surface area contributed by atoms with Crippen molar-refractivity contribution in [2.75, 3.05) is 18.6 Å². The Morgan fingerprint density at radius 3 is 2.88 bits per heavy atom. The smallest absolute Gasteiger partial charge is 0.150 e. The molecule has 0 radical (unpaired) electrons. The van der Waals surface area contributed by atoms with Crippen molar-refractivity contribution in [1.82, 2.24) is 24.2 Å². The summed E-state index contributed by atoms with van der Waals surface area (Å²) in [6.07, 6.45) is 3.82. The quantitative estimate of drug-likeness (QED) is 0.797. The van der Waals surface area contributed by atoms with Gasteiger partial charge in [0, 0.05) is 38.3 Å². The van der Waals surface area contributed by atoms with Crippen LogP contribution in [0.5, 0.6) is 0 Å². The minimum atomic E-state index is -3.25. The van der Waals surface area contributed by atoms with E-state index in [0.29, 0.717) is 18.8 Å². The molecule has 9 heteroatoms. The average Bonchev–Trinajstić information content (AvgIpc) is 3.11. The van der Waals surface area contributed by atoms with Crippen LogP contribution in [-0.4, -0.2) is 56.3 Å². The van der Waals surface area contributed by atoms with Gasteiger partial charge >= 0.3 is 0 Å². The van der Waals surface area contributed by atoms with E-state index in [1.54, 1.807) is 6.07 Å². The predicted octanol–water partition coefficient (Wildman–Crippen LogP) is 0.193. The average molecular weight is 353 g/mol. The molecule has 24 heavy (non-hydrogen) atoms. The molecular weight excluding hydrogens is 330 g/mol. The van der Waals surface area contributed by atoms with E-state index in [1.165, 1.54) is 0 Å². The molecule has 1 aliphatic rings. The molecule has 0 saturated carbocycles. The van der Waals surface area contributed by atoms with Crippen molar-refractivity contribution >= 4 is 9.84 Å². The van der Waals surface area contributed by atoms with E-state index in [9.17, 15) is 13.5 Å². The molecule has 0 spiro atoms. The third kappa shape index (κ3) is 3.85. The molecule has 0 amide bonds. The van der Waals surface area contributed by atoms with Crippen LogP contribution in [0.4, 0.5) is 0 Å². The first kappa shape index (κ1) is 17.1. The summed E-state index contributed by atoms with van der Waals surface area (Å²) in [5, 5.41) is 14.4. The fraction of sp³-hybridized carbons (Fsp3) is 0.600. The molecular formula is C15H23N5O3S. The van der Waals surface area contributed by atoms with Crippen LogP contribution in [0.15, 0.2) is 18.5 Å². The lowest BCUT2D eigenvalue weighted by atomic mass is 10.2. The number of imidazole rings is 1. The van der Waals surface area contributed by atoms with E-state index in [2.05, 4.69) is 26.5 Å². The van der Waals surface area contributed by atoms with Crippen molar-refractivity contribution in [3.05, 3.63) is 35.7 Å². The van der Waals surface area contributed by atoms with Crippen LogP contribution in [-0.2, 0) is 36.0 Å². The highest BCUT2D eigenvalue weighted by Gasteiger charge is 2.23. The highest BCUT2D eigenvalue weighted by molar-refractivity contribution is 7.90. The van der Waals surface area contributed by atoms with Crippen LogP contribution >= 0.6 is 0 Å². The van der Waals surface area contributed by atoms with Gasteiger partial charge < -0.3 is 9.67 Å². The summed E-state index contributed by atoms with van der Waals surface area (Å²) >= 11 is 0. The Morgan fingerprint density at radius 1 is 1.38 bits per heavy atom. The molecule has 1 atom stereocenters. The van der Waals surface area contributed by atoms with Crippen molar-refractivity contribution in [2.24, 2.45) is 0 Å². The zero-order valence-corrected chi connectivity index (χ0v) is 14.8. The Labute approximate surface area is 141 Å². The van der Waals surface area contributed by atoms with Crippen LogP contribution in [0.25, 0.3) is 0 Å². The first-order chi connectivity index (χ1) is 11.4. The minimum Gasteiger partial charge on any atom is -0.386 e. The molecule has 132 valence electrons. The normalized spacial score (nSPS) is 17.0. The van der Waals surface area contributed by atoms with Crippen LogP contribution in [0, 0.1) is 0 Å². The van der Waals surface area contributed by atoms with E-state index >= 15 is 0 Å². The molecule has 2 aromatic rings. The van der Waals surface area contributed by atoms with Gasteiger partial charge in [0.05, 0.1) is 30.2 Å². The summed E-state index contributed by atoms with van der Waals surface area (Å²) in [6.45, 7) is 6.00. The topological polar surface area (TPSA) is 93.2 Å². The molecule has 0 aliphatic carbocycles. The van der Waals surface area contributed by atoms with Gasteiger partial charge in [-0.25, -0.2) is 13.4 Å². The number of nitrogens with zero attached hydrogens (tertiary/aromatic N) is 5. The summed E-state index contributed by atoms with van der Waals surface area (Å²) in [4.78, 5) is 6.68. The number of aliphatic hydroxyl groups excluding tert-OH is 1. The lowest BCUT2D eigenvalue weighted by Crippen LogP contribution is -2.34. The number of aromatic nitrogens is 4. The molecule has 1 aliphatic heterocycles. The largest absolute Gasteiger partial charge is 0.386 e. The molecule has 2 aromatic heterocycles. The van der Waals surface area contributed by atoms with Crippen molar-refractivity contribution in [3.8, 4) is 0 Å². The number of rotatable bonds is 6. The zero-order valence-electron chi connectivity index (χ0n) is 14.0. The van der Waals surface area contributed by atoms with Gasteiger partial charge in [0.2, 0.25) is 0 Å². The van der Waals surface area contributed by atoms with Gasteiger partial charge in [-0.05, 0) is 13.0 Å². The molecule has 3 rings (SSSR count). The number of hydrogen-bond donors (Lipinski definition) is 1. The SMILES string of the molecule is CCn1ccnc1CN1CCn2nc([C@H](O)CS(C)(=O)=O)cc2C1. The highest BCUT2D eigenvalue weighted by Crippen LogP contribution is 2.20. The molecule has 3 heterocycles. The fourth-order valence-electron chi connectivity index (χ4n) is 2.99. The van der Waals surface area contributed by atoms with Gasteiger partial charge in [0.25, 0.3) is 0 Å². The van der Waals surface area contributed by atoms with Gasteiger partial charge in [0.1, 0.15) is 21.8 Å². The van der Waals surface area contributed by atoms with E-state index < -0.39 is 15.9 Å². The summed E-state index contributed by atoms with van der Waals surface area (Å²) in [6, 6.07) is 1.80. The van der Waals surface area contributed by atoms with Crippen molar-refractivity contribution in [1.29, 1.82) is 0 Å². The monoisotopic (exact) mass is 353 g/mol. The summed E-state index contributed by atoms with van der Waals surface area (Å²) in [7, 11) is -3.25. The number of hydrogen-bond acceptors (Lipinski definition) is 6. The number of sulfone groups is 1. The van der Waals surface area contributed by atoms with Crippen LogP contribution in [0.3, 0.4) is 0 Å². The Hall–Kier alpha value is -1.71. The van der Waals surface area contributed by atoms with Crippen molar-refractivity contribution < 1.29 is 13.5 Å². The van der Waals surface area contributed by atoms with Crippen LogP contribution in [0.2, 0.25) is 0 Å². The van der Waals surface area contributed by atoms with Gasteiger partial charge in [-0.15, -0.1) is 0 Å². The van der Waals surface area contributed by atoms with Gasteiger partial charge in [-0.2, -0.15) is 5.10 Å². The number of aryl methyl sites for hydroxylation is 1. The number of fused-ring (bicyclic) bond motifs is 1. The van der Waals surface area contributed by atoms with Gasteiger partial charge in [0.15, 0.2) is 0 Å².